The minimum absolute atomic E-state index is 0.0381. The Kier molecular flexibility index (Phi) is 6.98. The topological polar surface area (TPSA) is 65.0 Å². The average Bonchev–Trinajstić information content (AvgIpc) is 2.67. The lowest BCUT2D eigenvalue weighted by molar-refractivity contribution is -0.146. The third-order valence-electron chi connectivity index (χ3n) is 4.69. The van der Waals surface area contributed by atoms with Crippen molar-refractivity contribution in [2.45, 2.75) is 90.2 Å². The molecule has 5 nitrogen and oxygen atoms in total. The number of carbonyl (C=O) groups excluding carboxylic acids is 1. The van der Waals surface area contributed by atoms with Crippen molar-refractivity contribution in [3.8, 4) is 0 Å². The Labute approximate surface area is 147 Å². The van der Waals surface area contributed by atoms with Crippen molar-refractivity contribution in [3.05, 3.63) is 12.2 Å². The third-order valence-corrected chi connectivity index (χ3v) is 9.19. The van der Waals surface area contributed by atoms with Gasteiger partial charge in [-0.05, 0) is 51.1 Å². The van der Waals surface area contributed by atoms with Crippen LogP contribution in [0.1, 0.15) is 48.0 Å². The van der Waals surface area contributed by atoms with E-state index in [-0.39, 0.29) is 23.0 Å². The first kappa shape index (κ1) is 21.5. The number of aliphatic hydroxyl groups is 1. The Morgan fingerprint density at radius 2 is 1.92 bits per heavy atom. The van der Waals surface area contributed by atoms with Crippen molar-refractivity contribution >= 4 is 14.1 Å². The van der Waals surface area contributed by atoms with E-state index >= 15 is 0 Å². The maximum absolute atomic E-state index is 11.1. The van der Waals surface area contributed by atoms with Gasteiger partial charge < -0.3 is 19.0 Å². The molecule has 1 aliphatic heterocycles. The number of ether oxygens (including phenoxy) is 2. The Balaban J connectivity index is 2.63. The van der Waals surface area contributed by atoms with E-state index in [9.17, 15) is 9.90 Å². The summed E-state index contributed by atoms with van der Waals surface area (Å²) in [5, 5.41) is 10.5. The maximum Gasteiger partial charge on any atom is 0.192 e. The van der Waals surface area contributed by atoms with E-state index in [1.165, 1.54) is 13.0 Å². The van der Waals surface area contributed by atoms with Crippen molar-refractivity contribution < 1.29 is 23.8 Å². The minimum atomic E-state index is -1.89. The van der Waals surface area contributed by atoms with Crippen molar-refractivity contribution in [3.63, 3.8) is 0 Å². The molecule has 140 valence electrons. The fourth-order valence-corrected chi connectivity index (χ4v) is 3.34. The lowest BCUT2D eigenvalue weighted by atomic mass is 10.1. The van der Waals surface area contributed by atoms with E-state index < -0.39 is 20.2 Å². The minimum Gasteiger partial charge on any atom is -0.414 e. The van der Waals surface area contributed by atoms with Gasteiger partial charge in [-0.2, -0.15) is 0 Å². The van der Waals surface area contributed by atoms with Crippen molar-refractivity contribution in [1.82, 2.24) is 0 Å². The molecular formula is C18H34O5Si. The number of aliphatic hydroxyl groups excluding tert-OH is 1. The molecule has 24 heavy (non-hydrogen) atoms. The summed E-state index contributed by atoms with van der Waals surface area (Å²) in [5.74, 6) is -0.764. The fourth-order valence-electron chi connectivity index (χ4n) is 2.30. The number of hydrogen-bond acceptors (Lipinski definition) is 5. The van der Waals surface area contributed by atoms with Crippen molar-refractivity contribution in [2.24, 2.45) is 0 Å². The molecule has 0 aliphatic carbocycles. The predicted octanol–water partition coefficient (Wildman–Crippen LogP) is 3.42. The molecule has 0 aromatic carbocycles. The number of ketones is 1. The third kappa shape index (κ3) is 6.41. The predicted molar refractivity (Wildman–Crippen MR) is 97.4 cm³/mol. The first-order valence-electron chi connectivity index (χ1n) is 8.60. The molecule has 0 saturated carbocycles. The van der Waals surface area contributed by atoms with Crippen LogP contribution in [0.25, 0.3) is 0 Å². The molecule has 0 amide bonds. The van der Waals surface area contributed by atoms with Gasteiger partial charge in [-0.15, -0.1) is 0 Å². The quantitative estimate of drug-likeness (QED) is 0.558. The van der Waals surface area contributed by atoms with E-state index in [4.69, 9.17) is 13.9 Å². The van der Waals surface area contributed by atoms with Gasteiger partial charge in [0.05, 0.1) is 18.8 Å². The zero-order valence-electron chi connectivity index (χ0n) is 16.4. The molecule has 0 bridgehead atoms. The van der Waals surface area contributed by atoms with Gasteiger partial charge in [0.1, 0.15) is 6.10 Å². The van der Waals surface area contributed by atoms with Gasteiger partial charge in [0.25, 0.3) is 0 Å². The summed E-state index contributed by atoms with van der Waals surface area (Å²) < 4.78 is 17.8. The van der Waals surface area contributed by atoms with Crippen LogP contribution >= 0.6 is 0 Å². The van der Waals surface area contributed by atoms with E-state index in [2.05, 4.69) is 33.9 Å². The van der Waals surface area contributed by atoms with Crippen molar-refractivity contribution in [1.29, 1.82) is 0 Å². The first-order valence-corrected chi connectivity index (χ1v) is 11.5. The normalized spacial score (nSPS) is 26.0. The Morgan fingerprint density at radius 1 is 1.33 bits per heavy atom. The Hall–Kier alpha value is -0.533. The molecular weight excluding hydrogens is 324 g/mol. The van der Waals surface area contributed by atoms with Gasteiger partial charge in [-0.1, -0.05) is 20.8 Å². The van der Waals surface area contributed by atoms with Crippen LogP contribution in [0.2, 0.25) is 18.1 Å². The van der Waals surface area contributed by atoms with E-state index in [1.54, 1.807) is 6.08 Å². The van der Waals surface area contributed by atoms with Crippen LogP contribution in [-0.4, -0.2) is 49.9 Å². The second-order valence-corrected chi connectivity index (χ2v) is 13.4. The largest absolute Gasteiger partial charge is 0.414 e. The molecule has 1 saturated heterocycles. The number of allylic oxidation sites excluding steroid dienone is 1. The van der Waals surface area contributed by atoms with Gasteiger partial charge >= 0.3 is 0 Å². The van der Waals surface area contributed by atoms with Crippen LogP contribution in [0.15, 0.2) is 12.2 Å². The van der Waals surface area contributed by atoms with E-state index in [1.807, 2.05) is 13.8 Å². The molecule has 1 aliphatic rings. The van der Waals surface area contributed by atoms with Crippen LogP contribution < -0.4 is 0 Å². The summed E-state index contributed by atoms with van der Waals surface area (Å²) in [6.07, 6.45) is 2.34. The average molecular weight is 359 g/mol. The standard InChI is InChI=1S/C18H34O5Si/c1-13(19)9-10-15-16(23-18(5,6)22-15)11-14(20)12-21-24(7,8)17(2,3)4/h9-10,14-16,20H,11-12H2,1-8H3/b10-9+/t14-,15+,16-/m0/s1. The molecule has 0 unspecified atom stereocenters. The lowest BCUT2D eigenvalue weighted by Crippen LogP contribution is -2.43. The molecule has 0 aromatic heterocycles. The summed E-state index contributed by atoms with van der Waals surface area (Å²) in [7, 11) is -1.89. The van der Waals surface area contributed by atoms with Crippen molar-refractivity contribution in [2.75, 3.05) is 6.61 Å². The van der Waals surface area contributed by atoms with E-state index in [0.29, 0.717) is 13.0 Å². The highest BCUT2D eigenvalue weighted by molar-refractivity contribution is 6.74. The van der Waals surface area contributed by atoms with Gasteiger partial charge in [-0.25, -0.2) is 0 Å². The highest BCUT2D eigenvalue weighted by Crippen LogP contribution is 2.37. The van der Waals surface area contributed by atoms with Gasteiger partial charge in [0.15, 0.2) is 19.9 Å². The van der Waals surface area contributed by atoms with Gasteiger partial charge in [-0.3, -0.25) is 4.79 Å². The molecule has 0 radical (unpaired) electrons. The summed E-state index contributed by atoms with van der Waals surface area (Å²) >= 11 is 0. The highest BCUT2D eigenvalue weighted by Gasteiger charge is 2.42. The van der Waals surface area contributed by atoms with Crippen LogP contribution in [-0.2, 0) is 18.7 Å². The molecule has 1 N–H and O–H groups in total. The Morgan fingerprint density at radius 3 is 2.42 bits per heavy atom. The molecule has 3 atom stereocenters. The second-order valence-electron chi connectivity index (χ2n) is 8.57. The lowest BCUT2D eigenvalue weighted by Gasteiger charge is -2.37. The summed E-state index contributed by atoms with van der Waals surface area (Å²) in [6.45, 7) is 16.3. The van der Waals surface area contributed by atoms with Crippen LogP contribution in [0, 0.1) is 0 Å². The molecule has 6 heteroatoms. The van der Waals surface area contributed by atoms with Crippen LogP contribution in [0.5, 0.6) is 0 Å². The van der Waals surface area contributed by atoms with Gasteiger partial charge in [0.2, 0.25) is 0 Å². The maximum atomic E-state index is 11.1. The summed E-state index contributed by atoms with van der Waals surface area (Å²) in [6, 6.07) is 0. The molecule has 1 rings (SSSR count). The van der Waals surface area contributed by atoms with Crippen LogP contribution in [0.3, 0.4) is 0 Å². The molecule has 1 heterocycles. The highest BCUT2D eigenvalue weighted by atomic mass is 28.4. The SMILES string of the molecule is CC(=O)/C=C/[C@H]1OC(C)(C)O[C@H]1C[C@H](O)CO[Si](C)(C)C(C)(C)C. The number of rotatable bonds is 7. The second kappa shape index (κ2) is 7.79. The molecule has 0 spiro atoms. The number of carbonyl (C=O) groups is 1. The fraction of sp³-hybridized carbons (Fsp3) is 0.833. The molecule has 0 aromatic rings. The zero-order chi connectivity index (χ0) is 18.8. The van der Waals surface area contributed by atoms with Crippen LogP contribution in [0.4, 0.5) is 0 Å². The first-order chi connectivity index (χ1) is 10.7. The Bertz CT molecular complexity index is 465. The number of hydrogen-bond donors (Lipinski definition) is 1. The zero-order valence-corrected chi connectivity index (χ0v) is 17.4. The monoisotopic (exact) mass is 358 g/mol. The van der Waals surface area contributed by atoms with Gasteiger partial charge in [0, 0.05) is 6.42 Å². The summed E-state index contributed by atoms with van der Waals surface area (Å²) in [5.41, 5.74) is 0. The smallest absolute Gasteiger partial charge is 0.192 e. The molecule has 1 fully saturated rings. The summed E-state index contributed by atoms with van der Waals surface area (Å²) in [4.78, 5) is 11.1. The van der Waals surface area contributed by atoms with E-state index in [0.717, 1.165) is 0 Å².